The molecule has 27 heavy (non-hydrogen) atoms. The van der Waals surface area contributed by atoms with Gasteiger partial charge in [-0.15, -0.1) is 0 Å². The molecule has 1 amide bonds. The highest BCUT2D eigenvalue weighted by Crippen LogP contribution is 2.30. The fourth-order valence-corrected chi connectivity index (χ4v) is 3.56. The van der Waals surface area contributed by atoms with Gasteiger partial charge < -0.3 is 14.8 Å². The minimum Gasteiger partial charge on any atom is -0.469 e. The zero-order chi connectivity index (χ0) is 19.1. The maximum atomic E-state index is 12.6. The number of nitrogens with one attached hydrogen (secondary N) is 1. The van der Waals surface area contributed by atoms with Crippen LogP contribution in [0.15, 0.2) is 54.6 Å². The number of rotatable bonds is 6. The molecule has 1 saturated carbocycles. The van der Waals surface area contributed by atoms with Crippen LogP contribution in [0.5, 0.6) is 11.5 Å². The summed E-state index contributed by atoms with van der Waals surface area (Å²) in [6, 6.07) is 16.5. The Labute approximate surface area is 159 Å². The largest absolute Gasteiger partial charge is 0.469 e. The Morgan fingerprint density at radius 2 is 1.74 bits per heavy atom. The van der Waals surface area contributed by atoms with Crippen molar-refractivity contribution in [2.45, 2.75) is 25.7 Å². The van der Waals surface area contributed by atoms with Crippen molar-refractivity contribution in [1.29, 1.82) is 0 Å². The van der Waals surface area contributed by atoms with E-state index in [1.54, 1.807) is 18.2 Å². The third kappa shape index (κ3) is 5.09. The van der Waals surface area contributed by atoms with Gasteiger partial charge in [0.25, 0.3) is 5.91 Å². The van der Waals surface area contributed by atoms with Crippen LogP contribution < -0.4 is 10.1 Å². The Hall–Kier alpha value is -2.82. The maximum Gasteiger partial charge on any atom is 0.309 e. The molecule has 3 rings (SSSR count). The molecule has 1 fully saturated rings. The number of carbonyl (C=O) groups excluding carboxylic acids is 2. The molecule has 1 aliphatic rings. The highest BCUT2D eigenvalue weighted by atomic mass is 16.5. The summed E-state index contributed by atoms with van der Waals surface area (Å²) in [5.74, 6) is 0.989. The molecule has 0 radical (unpaired) electrons. The van der Waals surface area contributed by atoms with Crippen molar-refractivity contribution in [1.82, 2.24) is 5.32 Å². The molecule has 5 heteroatoms. The number of amides is 1. The lowest BCUT2D eigenvalue weighted by molar-refractivity contribution is -0.148. The fraction of sp³-hybridized carbons (Fsp3) is 0.364. The van der Waals surface area contributed by atoms with Gasteiger partial charge in [-0.1, -0.05) is 37.1 Å². The van der Waals surface area contributed by atoms with E-state index in [2.05, 4.69) is 5.32 Å². The highest BCUT2D eigenvalue weighted by Gasteiger charge is 2.31. The van der Waals surface area contributed by atoms with Gasteiger partial charge in [0.15, 0.2) is 0 Å². The van der Waals surface area contributed by atoms with Crippen molar-refractivity contribution in [2.75, 3.05) is 13.7 Å². The molecule has 0 spiro atoms. The van der Waals surface area contributed by atoms with E-state index < -0.39 is 0 Å². The number of ether oxygens (including phenoxy) is 2. The molecular formula is C22H25NO4. The zero-order valence-electron chi connectivity index (χ0n) is 15.5. The highest BCUT2D eigenvalue weighted by molar-refractivity contribution is 5.94. The molecule has 0 saturated heterocycles. The zero-order valence-corrected chi connectivity index (χ0v) is 15.5. The summed E-state index contributed by atoms with van der Waals surface area (Å²) in [6.45, 7) is 0.475. The Kier molecular flexibility index (Phi) is 6.47. The van der Waals surface area contributed by atoms with Gasteiger partial charge in [-0.2, -0.15) is 0 Å². The van der Waals surface area contributed by atoms with Crippen molar-refractivity contribution in [3.05, 3.63) is 60.2 Å². The van der Waals surface area contributed by atoms with Crippen LogP contribution in [0, 0.1) is 11.8 Å². The quantitative estimate of drug-likeness (QED) is 0.778. The van der Waals surface area contributed by atoms with Crippen LogP contribution in [0.1, 0.15) is 36.0 Å². The van der Waals surface area contributed by atoms with Crippen LogP contribution in [0.4, 0.5) is 0 Å². The molecule has 2 atom stereocenters. The molecule has 1 aliphatic carbocycles. The first-order chi connectivity index (χ1) is 13.2. The first-order valence-corrected chi connectivity index (χ1v) is 9.36. The summed E-state index contributed by atoms with van der Waals surface area (Å²) in [7, 11) is 1.42. The molecule has 2 aromatic carbocycles. The van der Waals surface area contributed by atoms with Gasteiger partial charge >= 0.3 is 5.97 Å². The van der Waals surface area contributed by atoms with Crippen molar-refractivity contribution >= 4 is 11.9 Å². The predicted octanol–water partition coefficient (Wildman–Crippen LogP) is 4.19. The number of hydrogen-bond donors (Lipinski definition) is 1. The number of benzene rings is 2. The van der Waals surface area contributed by atoms with E-state index in [9.17, 15) is 9.59 Å². The molecule has 2 aromatic rings. The van der Waals surface area contributed by atoms with Gasteiger partial charge in [0.05, 0.1) is 13.0 Å². The number of hydrogen-bond acceptors (Lipinski definition) is 4. The van der Waals surface area contributed by atoms with Gasteiger partial charge in [0.1, 0.15) is 11.5 Å². The van der Waals surface area contributed by atoms with Crippen LogP contribution >= 0.6 is 0 Å². The van der Waals surface area contributed by atoms with E-state index in [1.807, 2.05) is 36.4 Å². The first-order valence-electron chi connectivity index (χ1n) is 9.36. The van der Waals surface area contributed by atoms with Crippen LogP contribution in [0.3, 0.4) is 0 Å². The van der Waals surface area contributed by atoms with E-state index in [0.29, 0.717) is 17.9 Å². The normalized spacial score (nSPS) is 19.1. The topological polar surface area (TPSA) is 64.6 Å². The summed E-state index contributed by atoms with van der Waals surface area (Å²) in [5.41, 5.74) is 0.536. The molecule has 0 bridgehead atoms. The van der Waals surface area contributed by atoms with Crippen LogP contribution in [-0.4, -0.2) is 25.5 Å². The lowest BCUT2D eigenvalue weighted by Gasteiger charge is -2.29. The fourth-order valence-electron chi connectivity index (χ4n) is 3.56. The van der Waals surface area contributed by atoms with Crippen molar-refractivity contribution < 1.29 is 19.1 Å². The standard InChI is InChI=1S/C22H25NO4/c1-26-22(25)20-13-6-5-8-17(20)15-23-21(24)16-9-7-12-19(14-16)27-18-10-3-2-4-11-18/h2-4,7,9-12,14,17,20H,5-6,8,13,15H2,1H3,(H,23,24). The summed E-state index contributed by atoms with van der Waals surface area (Å²) in [6.07, 6.45) is 3.86. The number of esters is 1. The molecule has 5 nitrogen and oxygen atoms in total. The van der Waals surface area contributed by atoms with Crippen LogP contribution in [0.25, 0.3) is 0 Å². The molecule has 0 aliphatic heterocycles. The van der Waals surface area contributed by atoms with Crippen molar-refractivity contribution in [3.63, 3.8) is 0 Å². The monoisotopic (exact) mass is 367 g/mol. The summed E-state index contributed by atoms with van der Waals surface area (Å²) >= 11 is 0. The summed E-state index contributed by atoms with van der Waals surface area (Å²) in [4.78, 5) is 24.5. The van der Waals surface area contributed by atoms with E-state index in [0.717, 1.165) is 31.4 Å². The third-order valence-corrected chi connectivity index (χ3v) is 5.01. The molecule has 0 heterocycles. The van der Waals surface area contributed by atoms with Gasteiger partial charge in [0, 0.05) is 12.1 Å². The maximum absolute atomic E-state index is 12.6. The average Bonchev–Trinajstić information content (AvgIpc) is 2.72. The Morgan fingerprint density at radius 3 is 2.52 bits per heavy atom. The smallest absolute Gasteiger partial charge is 0.309 e. The van der Waals surface area contributed by atoms with E-state index in [4.69, 9.17) is 9.47 Å². The molecule has 1 N–H and O–H groups in total. The van der Waals surface area contributed by atoms with Crippen LogP contribution in [-0.2, 0) is 9.53 Å². The number of carbonyl (C=O) groups is 2. The average molecular weight is 367 g/mol. The second kappa shape index (κ2) is 9.21. The first kappa shape index (κ1) is 19.0. The minimum absolute atomic E-state index is 0.124. The van der Waals surface area contributed by atoms with Gasteiger partial charge in [-0.25, -0.2) is 0 Å². The van der Waals surface area contributed by atoms with Crippen molar-refractivity contribution in [3.8, 4) is 11.5 Å². The lowest BCUT2D eigenvalue weighted by Crippen LogP contribution is -2.37. The van der Waals surface area contributed by atoms with Gasteiger partial charge in [-0.05, 0) is 49.1 Å². The lowest BCUT2D eigenvalue weighted by atomic mass is 9.79. The Balaban J connectivity index is 1.60. The van der Waals surface area contributed by atoms with Gasteiger partial charge in [0.2, 0.25) is 0 Å². The molecule has 0 aromatic heterocycles. The Morgan fingerprint density at radius 1 is 1.00 bits per heavy atom. The Bertz CT molecular complexity index is 775. The van der Waals surface area contributed by atoms with E-state index in [1.165, 1.54) is 7.11 Å². The second-order valence-electron chi connectivity index (χ2n) is 6.83. The number of methoxy groups -OCH3 is 1. The SMILES string of the molecule is COC(=O)C1CCCCC1CNC(=O)c1cccc(Oc2ccccc2)c1. The molecule has 142 valence electrons. The number of para-hydroxylation sites is 1. The second-order valence-corrected chi connectivity index (χ2v) is 6.83. The summed E-state index contributed by atoms with van der Waals surface area (Å²) in [5, 5.41) is 2.97. The minimum atomic E-state index is -0.174. The van der Waals surface area contributed by atoms with Crippen LogP contribution in [0.2, 0.25) is 0 Å². The van der Waals surface area contributed by atoms with E-state index >= 15 is 0 Å². The van der Waals surface area contributed by atoms with Gasteiger partial charge in [-0.3, -0.25) is 9.59 Å². The molecular weight excluding hydrogens is 342 g/mol. The molecule has 2 unspecified atom stereocenters. The van der Waals surface area contributed by atoms with E-state index in [-0.39, 0.29) is 23.7 Å². The third-order valence-electron chi connectivity index (χ3n) is 5.01. The predicted molar refractivity (Wildman–Crippen MR) is 103 cm³/mol. The summed E-state index contributed by atoms with van der Waals surface area (Å²) < 4.78 is 10.7. The van der Waals surface area contributed by atoms with Crippen molar-refractivity contribution in [2.24, 2.45) is 11.8 Å².